The van der Waals surface area contributed by atoms with Crippen LogP contribution in [0, 0.1) is 3.57 Å². The standard InChI is InChI=1S/C16H19IN2O6/c1-16(2)14(21)19(6-5-18-15(22)24-4)11-7-9(13(20)23-3)10(17)8-12(11)25-16/h7-8H,5-6H2,1-4H3,(H,18,22). The molecule has 0 spiro atoms. The van der Waals surface area contributed by atoms with Gasteiger partial charge in [0.05, 0.1) is 25.5 Å². The van der Waals surface area contributed by atoms with E-state index in [9.17, 15) is 14.4 Å². The molecule has 136 valence electrons. The molecule has 0 saturated carbocycles. The molecule has 1 heterocycles. The zero-order chi connectivity index (χ0) is 18.8. The van der Waals surface area contributed by atoms with Crippen molar-refractivity contribution in [1.29, 1.82) is 0 Å². The van der Waals surface area contributed by atoms with Crippen LogP contribution in [-0.4, -0.2) is 50.9 Å². The summed E-state index contributed by atoms with van der Waals surface area (Å²) in [6.07, 6.45) is -0.585. The highest BCUT2D eigenvalue weighted by Crippen LogP contribution is 2.40. The molecule has 0 fully saturated rings. The molecule has 2 rings (SSSR count). The van der Waals surface area contributed by atoms with Gasteiger partial charge in [-0.1, -0.05) is 0 Å². The van der Waals surface area contributed by atoms with Crippen molar-refractivity contribution in [2.24, 2.45) is 0 Å². The molecule has 1 aromatic rings. The van der Waals surface area contributed by atoms with Crippen LogP contribution in [0.2, 0.25) is 0 Å². The number of halogens is 1. The Morgan fingerprint density at radius 3 is 2.56 bits per heavy atom. The molecule has 2 amide bonds. The lowest BCUT2D eigenvalue weighted by Crippen LogP contribution is -2.54. The Kier molecular flexibility index (Phi) is 5.76. The molecule has 1 aromatic carbocycles. The van der Waals surface area contributed by atoms with Gasteiger partial charge in [0.2, 0.25) is 0 Å². The Hall–Kier alpha value is -2.04. The number of hydrogen-bond donors (Lipinski definition) is 1. The molecule has 0 saturated heterocycles. The van der Waals surface area contributed by atoms with Crippen LogP contribution >= 0.6 is 22.6 Å². The first-order valence-corrected chi connectivity index (χ1v) is 8.53. The number of ether oxygens (including phenoxy) is 3. The van der Waals surface area contributed by atoms with Gasteiger partial charge >= 0.3 is 12.1 Å². The number of benzene rings is 1. The van der Waals surface area contributed by atoms with Crippen LogP contribution in [0.3, 0.4) is 0 Å². The Bertz CT molecular complexity index is 719. The van der Waals surface area contributed by atoms with Crippen LogP contribution < -0.4 is 15.0 Å². The van der Waals surface area contributed by atoms with Crippen LogP contribution in [0.1, 0.15) is 24.2 Å². The lowest BCUT2D eigenvalue weighted by Gasteiger charge is -2.39. The molecule has 1 N–H and O–H groups in total. The highest BCUT2D eigenvalue weighted by atomic mass is 127. The Morgan fingerprint density at radius 1 is 1.28 bits per heavy atom. The van der Waals surface area contributed by atoms with Crippen molar-refractivity contribution >= 4 is 46.2 Å². The van der Waals surface area contributed by atoms with Crippen LogP contribution in [-0.2, 0) is 14.3 Å². The van der Waals surface area contributed by atoms with Crippen LogP contribution in [0.5, 0.6) is 5.75 Å². The lowest BCUT2D eigenvalue weighted by atomic mass is 10.0. The zero-order valence-corrected chi connectivity index (χ0v) is 16.5. The maximum atomic E-state index is 12.7. The van der Waals surface area contributed by atoms with E-state index < -0.39 is 17.7 Å². The van der Waals surface area contributed by atoms with Gasteiger partial charge in [-0.05, 0) is 48.6 Å². The van der Waals surface area contributed by atoms with Gasteiger partial charge in [-0.15, -0.1) is 0 Å². The molecule has 1 aliphatic heterocycles. The second kappa shape index (κ2) is 7.46. The van der Waals surface area contributed by atoms with Gasteiger partial charge in [-0.3, -0.25) is 4.79 Å². The molecule has 0 aliphatic carbocycles. The number of amides is 2. The van der Waals surface area contributed by atoms with Crippen molar-refractivity contribution in [3.05, 3.63) is 21.3 Å². The average molecular weight is 462 g/mol. The first-order valence-electron chi connectivity index (χ1n) is 7.46. The van der Waals surface area contributed by atoms with E-state index in [0.717, 1.165) is 0 Å². The molecule has 8 nitrogen and oxygen atoms in total. The first kappa shape index (κ1) is 19.3. The summed E-state index contributed by atoms with van der Waals surface area (Å²) in [5.41, 5.74) is -0.269. The number of esters is 1. The second-order valence-corrected chi connectivity index (χ2v) is 6.94. The minimum absolute atomic E-state index is 0.188. The third-order valence-corrected chi connectivity index (χ3v) is 4.55. The number of nitrogens with zero attached hydrogens (tertiary/aromatic N) is 1. The number of methoxy groups -OCH3 is 2. The van der Waals surface area contributed by atoms with Crippen molar-refractivity contribution in [3.8, 4) is 5.75 Å². The molecular formula is C16H19IN2O6. The first-order chi connectivity index (χ1) is 11.7. The van der Waals surface area contributed by atoms with Gasteiger partial charge in [0.15, 0.2) is 5.60 Å². The fraction of sp³-hybridized carbons (Fsp3) is 0.438. The van der Waals surface area contributed by atoms with E-state index in [-0.39, 0.29) is 19.0 Å². The molecule has 9 heteroatoms. The summed E-state index contributed by atoms with van der Waals surface area (Å²) in [5.74, 6) is -0.291. The number of carbonyl (C=O) groups is 3. The molecule has 0 radical (unpaired) electrons. The van der Waals surface area contributed by atoms with Crippen molar-refractivity contribution in [2.45, 2.75) is 19.4 Å². The van der Waals surface area contributed by atoms with E-state index in [0.29, 0.717) is 20.6 Å². The van der Waals surface area contributed by atoms with Crippen molar-refractivity contribution in [2.75, 3.05) is 32.2 Å². The summed E-state index contributed by atoms with van der Waals surface area (Å²) >= 11 is 2.01. The van der Waals surface area contributed by atoms with Gasteiger partial charge < -0.3 is 24.4 Å². The predicted molar refractivity (Wildman–Crippen MR) is 98.0 cm³/mol. The normalized spacial score (nSPS) is 15.1. The molecule has 0 unspecified atom stereocenters. The summed E-state index contributed by atoms with van der Waals surface area (Å²) < 4.78 is 15.7. The molecule has 1 aliphatic rings. The van der Waals surface area contributed by atoms with Crippen LogP contribution in [0.15, 0.2) is 12.1 Å². The van der Waals surface area contributed by atoms with Gasteiger partial charge in [0.25, 0.3) is 5.91 Å². The van der Waals surface area contributed by atoms with Crippen molar-refractivity contribution < 1.29 is 28.6 Å². The summed E-state index contributed by atoms with van der Waals surface area (Å²) in [6.45, 7) is 3.72. The van der Waals surface area contributed by atoms with Crippen molar-refractivity contribution in [3.63, 3.8) is 0 Å². The summed E-state index contributed by atoms with van der Waals surface area (Å²) in [6, 6.07) is 3.26. The highest BCUT2D eigenvalue weighted by molar-refractivity contribution is 14.1. The van der Waals surface area contributed by atoms with Gasteiger partial charge in [0.1, 0.15) is 5.75 Å². The van der Waals surface area contributed by atoms with E-state index >= 15 is 0 Å². The molecular weight excluding hydrogens is 443 g/mol. The van der Waals surface area contributed by atoms with Crippen LogP contribution in [0.25, 0.3) is 0 Å². The number of alkyl carbamates (subject to hydrolysis) is 1. The second-order valence-electron chi connectivity index (χ2n) is 5.78. The maximum Gasteiger partial charge on any atom is 0.406 e. The quantitative estimate of drug-likeness (QED) is 0.543. The minimum Gasteiger partial charge on any atom is -0.476 e. The van der Waals surface area contributed by atoms with Gasteiger partial charge in [-0.25, -0.2) is 9.59 Å². The number of fused-ring (bicyclic) bond motifs is 1. The Labute approximate surface area is 158 Å². The SMILES string of the molecule is COC(=O)NCCN1C(=O)C(C)(C)Oc2cc(I)c(C(=O)OC)cc21. The zero-order valence-electron chi connectivity index (χ0n) is 14.3. The number of hydrogen-bond acceptors (Lipinski definition) is 6. The average Bonchev–Trinajstić information content (AvgIpc) is 2.56. The molecule has 0 atom stereocenters. The summed E-state index contributed by atoms with van der Waals surface area (Å²) in [7, 11) is 2.55. The maximum absolute atomic E-state index is 12.7. The van der Waals surface area contributed by atoms with Gasteiger partial charge in [0, 0.05) is 16.7 Å². The largest absolute Gasteiger partial charge is 0.476 e. The molecule has 25 heavy (non-hydrogen) atoms. The van der Waals surface area contributed by atoms with E-state index in [2.05, 4.69) is 10.1 Å². The fourth-order valence-electron chi connectivity index (χ4n) is 2.42. The lowest BCUT2D eigenvalue weighted by molar-refractivity contribution is -0.132. The van der Waals surface area contributed by atoms with E-state index in [1.807, 2.05) is 22.6 Å². The smallest absolute Gasteiger partial charge is 0.406 e. The number of rotatable bonds is 4. The third kappa shape index (κ3) is 3.97. The number of anilines is 1. The van der Waals surface area contributed by atoms with E-state index in [1.54, 1.807) is 26.0 Å². The molecule has 0 bridgehead atoms. The Morgan fingerprint density at radius 2 is 1.96 bits per heavy atom. The molecule has 0 aromatic heterocycles. The van der Waals surface area contributed by atoms with E-state index in [4.69, 9.17) is 9.47 Å². The number of carbonyl (C=O) groups excluding carboxylic acids is 3. The number of nitrogens with one attached hydrogen (secondary N) is 1. The summed E-state index contributed by atoms with van der Waals surface area (Å²) in [4.78, 5) is 37.4. The summed E-state index contributed by atoms with van der Waals surface area (Å²) in [5, 5.41) is 2.53. The van der Waals surface area contributed by atoms with Crippen LogP contribution in [0.4, 0.5) is 10.5 Å². The fourth-order valence-corrected chi connectivity index (χ4v) is 3.08. The third-order valence-electron chi connectivity index (χ3n) is 3.66. The Balaban J connectivity index is 2.40. The van der Waals surface area contributed by atoms with Crippen molar-refractivity contribution in [1.82, 2.24) is 5.32 Å². The predicted octanol–water partition coefficient (Wildman–Crippen LogP) is 1.94. The monoisotopic (exact) mass is 462 g/mol. The van der Waals surface area contributed by atoms with E-state index in [1.165, 1.54) is 19.1 Å². The topological polar surface area (TPSA) is 94.2 Å². The highest BCUT2D eigenvalue weighted by Gasteiger charge is 2.41. The minimum atomic E-state index is -1.06. The van der Waals surface area contributed by atoms with Gasteiger partial charge in [-0.2, -0.15) is 0 Å².